The number of aromatic nitrogens is 2. The van der Waals surface area contributed by atoms with Crippen molar-refractivity contribution in [3.8, 4) is 28.9 Å². The van der Waals surface area contributed by atoms with E-state index in [1.165, 1.54) is 30.9 Å². The molecular weight excluding hydrogens is 693 g/mol. The molecule has 0 saturated heterocycles. The number of hydrogen-bond donors (Lipinski definition) is 0. The topological polar surface area (TPSA) is 46.1 Å². The van der Waals surface area contributed by atoms with Crippen LogP contribution in [0.1, 0.15) is 5.56 Å². The average molecular weight is 721 g/mol. The van der Waals surface area contributed by atoms with Gasteiger partial charge in [-0.15, -0.1) is 11.3 Å². The van der Waals surface area contributed by atoms with Gasteiger partial charge < -0.3 is 18.8 Å². The summed E-state index contributed by atoms with van der Waals surface area (Å²) in [4.78, 5) is 2.34. The second-order valence-corrected chi connectivity index (χ2v) is 15.2. The molecule has 11 aromatic rings. The number of nitriles is 1. The molecule has 0 fully saturated rings. The lowest BCUT2D eigenvalue weighted by molar-refractivity contribution is 0.476. The van der Waals surface area contributed by atoms with E-state index < -0.39 is 0 Å². The molecule has 12 rings (SSSR count). The molecular formula is C49H28N4OS. The van der Waals surface area contributed by atoms with Crippen LogP contribution in [0.2, 0.25) is 0 Å². The molecule has 0 radical (unpaired) electrons. The third-order valence-electron chi connectivity index (χ3n) is 11.1. The second-order valence-electron chi connectivity index (χ2n) is 14.1. The lowest BCUT2D eigenvalue weighted by Crippen LogP contribution is -2.16. The van der Waals surface area contributed by atoms with Gasteiger partial charge in [0, 0.05) is 59.5 Å². The Morgan fingerprint density at radius 2 is 0.927 bits per heavy atom. The third-order valence-corrected chi connectivity index (χ3v) is 12.3. The Morgan fingerprint density at radius 3 is 1.55 bits per heavy atom. The standard InChI is InChI=1S/C49H28N4OS/c50-29-30-17-21-43-38(25-30)36-11-3-7-15-42(36)52(43)33-19-23-45-47(28-33)54-46-27-32(51-40-13-5-1-9-34(40)35-10-2-6-14-41(35)51)18-22-44(46)53(45)31-20-24-49-39(26-31)37-12-4-8-16-48(37)55-49/h1-28H. The van der Waals surface area contributed by atoms with Crippen molar-refractivity contribution in [2.75, 3.05) is 4.90 Å². The van der Waals surface area contributed by atoms with Crippen molar-refractivity contribution in [1.29, 1.82) is 5.26 Å². The summed E-state index contributed by atoms with van der Waals surface area (Å²) >= 11 is 1.83. The van der Waals surface area contributed by atoms with Gasteiger partial charge in [0.15, 0.2) is 11.5 Å². The number of rotatable bonds is 3. The maximum Gasteiger partial charge on any atom is 0.153 e. The molecule has 256 valence electrons. The quantitative estimate of drug-likeness (QED) is 0.183. The minimum Gasteiger partial charge on any atom is -0.453 e. The maximum absolute atomic E-state index is 9.73. The summed E-state index contributed by atoms with van der Waals surface area (Å²) in [6, 6.07) is 62.4. The minimum atomic E-state index is 0.644. The molecule has 0 saturated carbocycles. The van der Waals surface area contributed by atoms with Gasteiger partial charge in [-0.25, -0.2) is 0 Å². The van der Waals surface area contributed by atoms with E-state index in [2.05, 4.69) is 172 Å². The Morgan fingerprint density at radius 1 is 0.418 bits per heavy atom. The molecule has 0 spiro atoms. The first-order valence-electron chi connectivity index (χ1n) is 18.3. The first-order valence-corrected chi connectivity index (χ1v) is 19.1. The zero-order valence-electron chi connectivity index (χ0n) is 29.3. The normalized spacial score (nSPS) is 12.5. The first kappa shape index (κ1) is 30.2. The van der Waals surface area contributed by atoms with Gasteiger partial charge in [-0.2, -0.15) is 5.26 Å². The predicted octanol–water partition coefficient (Wildman–Crippen LogP) is 13.7. The van der Waals surface area contributed by atoms with Gasteiger partial charge in [0.05, 0.1) is 56.4 Å². The lowest BCUT2D eigenvalue weighted by Gasteiger charge is -2.33. The van der Waals surface area contributed by atoms with Gasteiger partial charge in [-0.05, 0) is 84.9 Å². The molecule has 0 unspecified atom stereocenters. The molecule has 4 heterocycles. The fraction of sp³-hybridized carbons (Fsp3) is 0. The van der Waals surface area contributed by atoms with Crippen LogP contribution in [0.4, 0.5) is 17.1 Å². The number of anilines is 3. The summed E-state index contributed by atoms with van der Waals surface area (Å²) in [6.07, 6.45) is 0. The van der Waals surface area contributed by atoms with Crippen LogP contribution in [-0.4, -0.2) is 9.13 Å². The Kier molecular flexibility index (Phi) is 6.22. The lowest BCUT2D eigenvalue weighted by atomic mass is 10.1. The Hall–Kier alpha value is -7.33. The fourth-order valence-corrected chi connectivity index (χ4v) is 9.80. The summed E-state index contributed by atoms with van der Waals surface area (Å²) in [5.74, 6) is 1.54. The van der Waals surface area contributed by atoms with Crippen LogP contribution in [0.25, 0.3) is 75.2 Å². The van der Waals surface area contributed by atoms with E-state index in [1.807, 2.05) is 29.5 Å². The maximum atomic E-state index is 9.73. The molecule has 6 heteroatoms. The van der Waals surface area contributed by atoms with Crippen molar-refractivity contribution >= 4 is 92.2 Å². The molecule has 1 aliphatic rings. The van der Waals surface area contributed by atoms with Crippen LogP contribution >= 0.6 is 11.3 Å². The van der Waals surface area contributed by atoms with Crippen LogP contribution in [0, 0.1) is 11.3 Å². The van der Waals surface area contributed by atoms with E-state index in [0.29, 0.717) is 5.56 Å². The SMILES string of the molecule is N#Cc1ccc2c(c1)c1ccccc1n2-c1ccc2c(c1)Oc1cc(-n3c4ccccc4c4ccccc43)ccc1N2c1ccc2sc3ccccc3c2c1. The summed E-state index contributed by atoms with van der Waals surface area (Å²) in [5, 5.41) is 16.8. The minimum absolute atomic E-state index is 0.644. The largest absolute Gasteiger partial charge is 0.453 e. The third kappa shape index (κ3) is 4.33. The van der Waals surface area contributed by atoms with E-state index in [-0.39, 0.29) is 0 Å². The van der Waals surface area contributed by atoms with Gasteiger partial charge in [0.25, 0.3) is 0 Å². The molecule has 0 amide bonds. The number of ether oxygens (including phenoxy) is 1. The molecule has 0 aliphatic carbocycles. The predicted molar refractivity (Wildman–Crippen MR) is 227 cm³/mol. The second kappa shape index (κ2) is 11.3. The van der Waals surface area contributed by atoms with Crippen molar-refractivity contribution < 1.29 is 4.74 Å². The fourth-order valence-electron chi connectivity index (χ4n) is 8.72. The monoisotopic (exact) mass is 720 g/mol. The van der Waals surface area contributed by atoms with Crippen LogP contribution in [0.5, 0.6) is 11.5 Å². The summed E-state index contributed by atoms with van der Waals surface area (Å²) in [6.45, 7) is 0. The van der Waals surface area contributed by atoms with Crippen molar-refractivity contribution in [2.45, 2.75) is 0 Å². The van der Waals surface area contributed by atoms with Gasteiger partial charge in [-0.1, -0.05) is 72.8 Å². The molecule has 5 nitrogen and oxygen atoms in total. The van der Waals surface area contributed by atoms with Gasteiger partial charge in [0.1, 0.15) is 0 Å². The molecule has 3 aromatic heterocycles. The molecule has 8 aromatic carbocycles. The zero-order chi connectivity index (χ0) is 36.2. The summed E-state index contributed by atoms with van der Waals surface area (Å²) in [7, 11) is 0. The van der Waals surface area contributed by atoms with E-state index >= 15 is 0 Å². The van der Waals surface area contributed by atoms with Crippen molar-refractivity contribution in [3.63, 3.8) is 0 Å². The highest BCUT2D eigenvalue weighted by Gasteiger charge is 2.28. The smallest absolute Gasteiger partial charge is 0.153 e. The van der Waals surface area contributed by atoms with Crippen LogP contribution in [-0.2, 0) is 0 Å². The van der Waals surface area contributed by atoms with Crippen LogP contribution in [0.3, 0.4) is 0 Å². The van der Waals surface area contributed by atoms with Gasteiger partial charge in [-0.3, -0.25) is 0 Å². The number of benzene rings is 8. The van der Waals surface area contributed by atoms with Crippen LogP contribution in [0.15, 0.2) is 170 Å². The van der Waals surface area contributed by atoms with Crippen molar-refractivity contribution in [1.82, 2.24) is 9.13 Å². The average Bonchev–Trinajstić information content (AvgIpc) is 3.89. The summed E-state index contributed by atoms with van der Waals surface area (Å²) < 4.78 is 14.2. The number of thiophene rings is 1. The van der Waals surface area contributed by atoms with Crippen LogP contribution < -0.4 is 9.64 Å². The molecule has 0 N–H and O–H groups in total. The molecule has 55 heavy (non-hydrogen) atoms. The van der Waals surface area contributed by atoms with E-state index in [1.54, 1.807) is 0 Å². The zero-order valence-corrected chi connectivity index (χ0v) is 30.1. The van der Waals surface area contributed by atoms with Gasteiger partial charge >= 0.3 is 0 Å². The Bertz CT molecular complexity index is 3400. The first-order chi connectivity index (χ1) is 27.2. The van der Waals surface area contributed by atoms with Gasteiger partial charge in [0.2, 0.25) is 0 Å². The summed E-state index contributed by atoms with van der Waals surface area (Å²) in [5.41, 5.74) is 10.1. The van der Waals surface area contributed by atoms with Crippen molar-refractivity contribution in [2.24, 2.45) is 0 Å². The number of hydrogen-bond acceptors (Lipinski definition) is 4. The number of fused-ring (bicyclic) bond motifs is 11. The Balaban J connectivity index is 1.09. The van der Waals surface area contributed by atoms with E-state index in [4.69, 9.17) is 4.74 Å². The van der Waals surface area contributed by atoms with E-state index in [0.717, 1.165) is 72.8 Å². The Labute approximate surface area is 319 Å². The number of para-hydroxylation sites is 3. The highest BCUT2D eigenvalue weighted by atomic mass is 32.1. The molecule has 0 bridgehead atoms. The molecule has 1 aliphatic heterocycles. The molecule has 0 atom stereocenters. The van der Waals surface area contributed by atoms with E-state index in [9.17, 15) is 5.26 Å². The van der Waals surface area contributed by atoms with Crippen molar-refractivity contribution in [3.05, 3.63) is 175 Å². The highest BCUT2D eigenvalue weighted by Crippen LogP contribution is 2.53. The highest BCUT2D eigenvalue weighted by molar-refractivity contribution is 7.25. The number of nitrogens with zero attached hydrogens (tertiary/aromatic N) is 4.